The topological polar surface area (TPSA) is 148 Å². The highest BCUT2D eigenvalue weighted by Gasteiger charge is 2.33. The van der Waals surface area contributed by atoms with Crippen molar-refractivity contribution >= 4 is 62.4 Å². The van der Waals surface area contributed by atoms with Gasteiger partial charge in [0.25, 0.3) is 5.91 Å². The van der Waals surface area contributed by atoms with Crippen LogP contribution in [0.2, 0.25) is 5.02 Å². The lowest BCUT2D eigenvalue weighted by Crippen LogP contribution is -2.34. The first kappa shape index (κ1) is 32.9. The number of anilines is 2. The standard InChI is InChI=1S/C29H31ClN2O8S2/c1-4-26(42(37,38)21-12-10-20(41-3)11-13-21)28(35)31-23-17-25(33)24(16-22(23)30)32-27(34)18-6-8-19(9-7-18)29(36)40-15-14-39-5-2/h6-13,16-17,26,33H,4-5,14-15H2,1-3H3,(H,31,35)(H,32,34). The Morgan fingerprint density at radius 3 is 2.17 bits per heavy atom. The molecule has 0 aliphatic carbocycles. The molecule has 13 heteroatoms. The number of hydrogen-bond donors (Lipinski definition) is 3. The van der Waals surface area contributed by atoms with E-state index in [1.54, 1.807) is 19.1 Å². The lowest BCUT2D eigenvalue weighted by Gasteiger charge is -2.18. The van der Waals surface area contributed by atoms with Gasteiger partial charge in [-0.2, -0.15) is 0 Å². The summed E-state index contributed by atoms with van der Waals surface area (Å²) >= 11 is 7.78. The number of ether oxygens (including phenoxy) is 2. The minimum absolute atomic E-state index is 0.0000271. The second-order valence-corrected chi connectivity index (χ2v) is 12.2. The molecule has 1 atom stereocenters. The van der Waals surface area contributed by atoms with Crippen LogP contribution in [0, 0.1) is 0 Å². The highest BCUT2D eigenvalue weighted by atomic mass is 35.5. The van der Waals surface area contributed by atoms with E-state index in [9.17, 15) is 27.9 Å². The van der Waals surface area contributed by atoms with Gasteiger partial charge >= 0.3 is 5.97 Å². The molecule has 0 radical (unpaired) electrons. The average molecular weight is 635 g/mol. The first-order valence-corrected chi connectivity index (χ1v) is 16.0. The number of carbonyl (C=O) groups is 3. The van der Waals surface area contributed by atoms with Gasteiger partial charge in [0, 0.05) is 23.1 Å². The van der Waals surface area contributed by atoms with Crippen LogP contribution in [0.4, 0.5) is 11.4 Å². The van der Waals surface area contributed by atoms with Gasteiger partial charge in [-0.1, -0.05) is 18.5 Å². The van der Waals surface area contributed by atoms with Gasteiger partial charge in [-0.15, -0.1) is 11.8 Å². The number of benzene rings is 3. The molecule has 0 saturated heterocycles. The van der Waals surface area contributed by atoms with Gasteiger partial charge in [0.1, 0.15) is 17.6 Å². The zero-order valence-electron chi connectivity index (χ0n) is 23.2. The summed E-state index contributed by atoms with van der Waals surface area (Å²) in [6.07, 6.45) is 1.87. The van der Waals surface area contributed by atoms with Crippen LogP contribution < -0.4 is 10.6 Å². The number of amides is 2. The summed E-state index contributed by atoms with van der Waals surface area (Å²) in [5.74, 6) is -2.39. The Balaban J connectivity index is 1.69. The van der Waals surface area contributed by atoms with E-state index in [0.29, 0.717) is 6.61 Å². The molecule has 0 saturated carbocycles. The molecule has 0 aliphatic rings. The van der Waals surface area contributed by atoms with E-state index in [1.165, 1.54) is 54.2 Å². The van der Waals surface area contributed by atoms with Crippen molar-refractivity contribution in [1.29, 1.82) is 0 Å². The predicted molar refractivity (Wildman–Crippen MR) is 162 cm³/mol. The van der Waals surface area contributed by atoms with E-state index in [-0.39, 0.29) is 52.1 Å². The highest BCUT2D eigenvalue weighted by Crippen LogP contribution is 2.35. The molecule has 0 heterocycles. The van der Waals surface area contributed by atoms with Gasteiger partial charge in [0.15, 0.2) is 9.84 Å². The monoisotopic (exact) mass is 634 g/mol. The van der Waals surface area contributed by atoms with Crippen LogP contribution >= 0.6 is 23.4 Å². The third-order valence-electron chi connectivity index (χ3n) is 6.06. The lowest BCUT2D eigenvalue weighted by molar-refractivity contribution is -0.115. The minimum Gasteiger partial charge on any atom is -0.506 e. The van der Waals surface area contributed by atoms with E-state index in [2.05, 4.69) is 10.6 Å². The second kappa shape index (κ2) is 15.1. The Bertz CT molecular complexity index is 1530. The second-order valence-electron chi connectivity index (χ2n) is 8.82. The number of sulfone groups is 1. The summed E-state index contributed by atoms with van der Waals surface area (Å²) < 4.78 is 36.5. The molecule has 3 aromatic carbocycles. The first-order chi connectivity index (χ1) is 20.0. The number of halogens is 1. The maximum Gasteiger partial charge on any atom is 0.338 e. The van der Waals surface area contributed by atoms with E-state index < -0.39 is 38.6 Å². The molecule has 0 bridgehead atoms. The Morgan fingerprint density at radius 1 is 0.929 bits per heavy atom. The number of hydrogen-bond acceptors (Lipinski definition) is 9. The molecule has 0 fully saturated rings. The fourth-order valence-electron chi connectivity index (χ4n) is 3.82. The molecule has 224 valence electrons. The van der Waals surface area contributed by atoms with E-state index in [0.717, 1.165) is 11.0 Å². The van der Waals surface area contributed by atoms with Gasteiger partial charge in [-0.3, -0.25) is 9.59 Å². The van der Waals surface area contributed by atoms with Crippen molar-refractivity contribution in [2.24, 2.45) is 0 Å². The Labute approximate surface area is 253 Å². The molecule has 0 spiro atoms. The Morgan fingerprint density at radius 2 is 1.57 bits per heavy atom. The molecular weight excluding hydrogens is 604 g/mol. The molecule has 1 unspecified atom stereocenters. The van der Waals surface area contributed by atoms with Crippen LogP contribution in [0.5, 0.6) is 5.75 Å². The zero-order chi connectivity index (χ0) is 30.9. The van der Waals surface area contributed by atoms with Crippen LogP contribution in [0.3, 0.4) is 0 Å². The number of nitrogens with one attached hydrogen (secondary N) is 2. The number of phenols is 1. The molecule has 0 aliphatic heterocycles. The number of carbonyl (C=O) groups excluding carboxylic acids is 3. The number of rotatable bonds is 13. The van der Waals surface area contributed by atoms with Crippen molar-refractivity contribution in [3.05, 3.63) is 76.8 Å². The maximum absolute atomic E-state index is 13.2. The smallest absolute Gasteiger partial charge is 0.338 e. The van der Waals surface area contributed by atoms with Crippen molar-refractivity contribution in [1.82, 2.24) is 0 Å². The first-order valence-electron chi connectivity index (χ1n) is 12.9. The Hall–Kier alpha value is -3.58. The van der Waals surface area contributed by atoms with Gasteiger partial charge < -0.3 is 25.2 Å². The quantitative estimate of drug-likeness (QED) is 0.0972. The molecule has 10 nitrogen and oxygen atoms in total. The number of esters is 1. The molecule has 3 aromatic rings. The van der Waals surface area contributed by atoms with Crippen molar-refractivity contribution in [3.8, 4) is 5.75 Å². The van der Waals surface area contributed by atoms with Crippen molar-refractivity contribution in [2.45, 2.75) is 35.3 Å². The number of phenolic OH excluding ortho intramolecular Hbond substituents is 1. The van der Waals surface area contributed by atoms with Crippen molar-refractivity contribution in [2.75, 3.05) is 36.7 Å². The van der Waals surface area contributed by atoms with E-state index >= 15 is 0 Å². The summed E-state index contributed by atoms with van der Waals surface area (Å²) in [5, 5.41) is 14.1. The highest BCUT2D eigenvalue weighted by molar-refractivity contribution is 7.98. The Kier molecular flexibility index (Phi) is 11.8. The largest absolute Gasteiger partial charge is 0.506 e. The summed E-state index contributed by atoms with van der Waals surface area (Å²) in [6, 6.07) is 14.3. The molecule has 0 aromatic heterocycles. The zero-order valence-corrected chi connectivity index (χ0v) is 25.6. The third kappa shape index (κ3) is 8.25. The van der Waals surface area contributed by atoms with Crippen LogP contribution in [0.1, 0.15) is 41.0 Å². The fourth-order valence-corrected chi connectivity index (χ4v) is 6.06. The molecule has 3 N–H and O–H groups in total. The van der Waals surface area contributed by atoms with Crippen LogP contribution in [-0.4, -0.2) is 62.6 Å². The molecule has 2 amide bonds. The van der Waals surface area contributed by atoms with Gasteiger partial charge in [0.05, 0.1) is 33.5 Å². The average Bonchev–Trinajstić information content (AvgIpc) is 2.98. The van der Waals surface area contributed by atoms with Gasteiger partial charge in [-0.25, -0.2) is 13.2 Å². The van der Waals surface area contributed by atoms with Gasteiger partial charge in [-0.05, 0) is 74.2 Å². The van der Waals surface area contributed by atoms with Crippen molar-refractivity contribution < 1.29 is 37.4 Å². The SMILES string of the molecule is CCOCCOC(=O)c1ccc(C(=O)Nc2cc(Cl)c(NC(=O)C(CC)S(=O)(=O)c3ccc(SC)cc3)cc2O)cc1. The molecular formula is C29H31ClN2O8S2. The molecule has 3 rings (SSSR count). The fraction of sp³-hybridized carbons (Fsp3) is 0.276. The normalized spacial score (nSPS) is 11.9. The van der Waals surface area contributed by atoms with Crippen LogP contribution in [0.25, 0.3) is 0 Å². The predicted octanol–water partition coefficient (Wildman–Crippen LogP) is 5.40. The van der Waals surface area contributed by atoms with Gasteiger partial charge in [0.2, 0.25) is 5.91 Å². The maximum atomic E-state index is 13.2. The summed E-state index contributed by atoms with van der Waals surface area (Å²) in [4.78, 5) is 38.7. The summed E-state index contributed by atoms with van der Waals surface area (Å²) in [5.41, 5.74) is 0.362. The van der Waals surface area contributed by atoms with E-state index in [1.807, 2.05) is 13.2 Å². The van der Waals surface area contributed by atoms with E-state index in [4.69, 9.17) is 21.1 Å². The van der Waals surface area contributed by atoms with Crippen LogP contribution in [0.15, 0.2) is 70.5 Å². The minimum atomic E-state index is -4.01. The third-order valence-corrected chi connectivity index (χ3v) is 9.35. The van der Waals surface area contributed by atoms with Crippen LogP contribution in [-0.2, 0) is 24.1 Å². The number of aromatic hydroxyl groups is 1. The summed E-state index contributed by atoms with van der Waals surface area (Å²) in [7, 11) is -4.01. The number of thioether (sulfide) groups is 1. The molecule has 42 heavy (non-hydrogen) atoms. The summed E-state index contributed by atoms with van der Waals surface area (Å²) in [6.45, 7) is 4.30. The van der Waals surface area contributed by atoms with Crippen molar-refractivity contribution in [3.63, 3.8) is 0 Å². The lowest BCUT2D eigenvalue weighted by atomic mass is 10.1.